The van der Waals surface area contributed by atoms with Gasteiger partial charge in [-0.3, -0.25) is 9.78 Å². The lowest BCUT2D eigenvalue weighted by atomic mass is 9.87. The van der Waals surface area contributed by atoms with E-state index >= 15 is 0 Å². The summed E-state index contributed by atoms with van der Waals surface area (Å²) in [7, 11) is -3.73. The molecule has 1 heterocycles. The number of rotatable bonds is 6. The van der Waals surface area contributed by atoms with Crippen molar-refractivity contribution in [2.75, 3.05) is 6.54 Å². The lowest BCUT2D eigenvalue weighted by Crippen LogP contribution is -2.36. The zero-order valence-corrected chi connectivity index (χ0v) is 15.4. The zero-order valence-electron chi connectivity index (χ0n) is 14.6. The summed E-state index contributed by atoms with van der Waals surface area (Å²) in [6.07, 6.45) is 1.63. The summed E-state index contributed by atoms with van der Waals surface area (Å²) >= 11 is 0. The summed E-state index contributed by atoms with van der Waals surface area (Å²) in [4.78, 5) is 16.0. The first kappa shape index (κ1) is 19.1. The Morgan fingerprint density at radius 1 is 1.08 bits per heavy atom. The number of aromatic nitrogens is 1. The summed E-state index contributed by atoms with van der Waals surface area (Å²) in [5, 5.41) is 2.62. The van der Waals surface area contributed by atoms with E-state index in [9.17, 15) is 13.2 Å². The van der Waals surface area contributed by atoms with E-state index in [-0.39, 0.29) is 23.4 Å². The van der Waals surface area contributed by atoms with E-state index in [4.69, 9.17) is 0 Å². The lowest BCUT2D eigenvalue weighted by molar-refractivity contribution is -0.120. The van der Waals surface area contributed by atoms with Crippen LogP contribution in [0.1, 0.15) is 32.0 Å². The molecule has 0 aliphatic rings. The third-order valence-corrected chi connectivity index (χ3v) is 5.06. The average Bonchev–Trinajstić information content (AvgIpc) is 2.58. The maximum Gasteiger partial charge on any atom is 0.241 e. The van der Waals surface area contributed by atoms with Crippen LogP contribution in [-0.4, -0.2) is 25.9 Å². The fourth-order valence-electron chi connectivity index (χ4n) is 2.13. The molecule has 0 unspecified atom stereocenters. The van der Waals surface area contributed by atoms with Gasteiger partial charge in [0, 0.05) is 6.20 Å². The number of pyridine rings is 1. The number of hydrogen-bond donors (Lipinski definition) is 2. The van der Waals surface area contributed by atoms with Gasteiger partial charge in [-0.25, -0.2) is 13.1 Å². The Labute approximate surface area is 148 Å². The number of sulfonamides is 1. The lowest BCUT2D eigenvalue weighted by Gasteiger charge is -2.19. The van der Waals surface area contributed by atoms with Crippen molar-refractivity contribution in [3.63, 3.8) is 0 Å². The Hall–Kier alpha value is -2.25. The van der Waals surface area contributed by atoms with Gasteiger partial charge in [0.1, 0.15) is 0 Å². The van der Waals surface area contributed by atoms with Gasteiger partial charge in [0.15, 0.2) is 0 Å². The van der Waals surface area contributed by atoms with Gasteiger partial charge in [-0.1, -0.05) is 39.0 Å². The molecule has 0 aliphatic carbocycles. The topological polar surface area (TPSA) is 88.2 Å². The molecule has 0 radical (unpaired) electrons. The molecule has 0 saturated carbocycles. The third-order valence-electron chi connectivity index (χ3n) is 3.65. The molecule has 2 N–H and O–H groups in total. The minimum Gasteiger partial charge on any atom is -0.349 e. The fraction of sp³-hybridized carbons (Fsp3) is 0.333. The van der Waals surface area contributed by atoms with E-state index in [2.05, 4.69) is 35.8 Å². The van der Waals surface area contributed by atoms with Crippen LogP contribution in [0, 0.1) is 0 Å². The third kappa shape index (κ3) is 5.65. The van der Waals surface area contributed by atoms with Crippen molar-refractivity contribution in [2.45, 2.75) is 37.6 Å². The molecular weight excluding hydrogens is 338 g/mol. The predicted molar refractivity (Wildman–Crippen MR) is 96.4 cm³/mol. The molecule has 0 aliphatic heterocycles. The van der Waals surface area contributed by atoms with E-state index < -0.39 is 15.9 Å². The van der Waals surface area contributed by atoms with Crippen LogP contribution in [0.2, 0.25) is 0 Å². The molecule has 6 nitrogen and oxygen atoms in total. The molecule has 0 saturated heterocycles. The average molecular weight is 361 g/mol. The minimum absolute atomic E-state index is 0.0545. The molecule has 1 aromatic carbocycles. The molecule has 1 aromatic heterocycles. The number of amides is 1. The molecule has 0 fully saturated rings. The maximum absolute atomic E-state index is 12.3. The monoisotopic (exact) mass is 361 g/mol. The normalized spacial score (nSPS) is 12.0. The second kappa shape index (κ2) is 7.76. The van der Waals surface area contributed by atoms with E-state index in [1.54, 1.807) is 42.6 Å². The molecule has 2 aromatic rings. The van der Waals surface area contributed by atoms with Gasteiger partial charge in [0.25, 0.3) is 0 Å². The van der Waals surface area contributed by atoms with Crippen LogP contribution in [0.3, 0.4) is 0 Å². The van der Waals surface area contributed by atoms with E-state index in [1.165, 1.54) is 0 Å². The number of benzene rings is 1. The van der Waals surface area contributed by atoms with Crippen molar-refractivity contribution in [2.24, 2.45) is 0 Å². The highest BCUT2D eigenvalue weighted by molar-refractivity contribution is 7.89. The van der Waals surface area contributed by atoms with Gasteiger partial charge in [-0.05, 0) is 35.2 Å². The quantitative estimate of drug-likeness (QED) is 0.823. The van der Waals surface area contributed by atoms with Gasteiger partial charge < -0.3 is 5.32 Å². The van der Waals surface area contributed by atoms with Crippen LogP contribution in [0.5, 0.6) is 0 Å². The molecular formula is C18H23N3O3S. The molecule has 7 heteroatoms. The first-order valence-electron chi connectivity index (χ1n) is 7.95. The SMILES string of the molecule is CC(C)(C)c1ccc(S(=O)(=O)NCC(=O)NCc2ccccn2)cc1. The first-order chi connectivity index (χ1) is 11.7. The Morgan fingerprint density at radius 3 is 2.32 bits per heavy atom. The number of carbonyl (C=O) groups excluding carboxylic acids is 1. The van der Waals surface area contributed by atoms with E-state index in [1.807, 2.05) is 6.07 Å². The molecule has 0 bridgehead atoms. The Kier molecular flexibility index (Phi) is 5.92. The smallest absolute Gasteiger partial charge is 0.241 e. The zero-order chi connectivity index (χ0) is 18.5. The predicted octanol–water partition coefficient (Wildman–Crippen LogP) is 1.97. The van der Waals surface area contributed by atoms with Crippen LogP contribution >= 0.6 is 0 Å². The molecule has 0 atom stereocenters. The molecule has 25 heavy (non-hydrogen) atoms. The molecule has 134 valence electrons. The van der Waals surface area contributed by atoms with Gasteiger partial charge in [0.2, 0.25) is 15.9 Å². The van der Waals surface area contributed by atoms with E-state index in [0.717, 1.165) is 5.56 Å². The maximum atomic E-state index is 12.3. The van der Waals surface area contributed by atoms with Crippen LogP contribution in [0.15, 0.2) is 53.6 Å². The Balaban J connectivity index is 1.91. The Bertz CT molecular complexity index is 811. The first-order valence-corrected chi connectivity index (χ1v) is 9.43. The summed E-state index contributed by atoms with van der Waals surface area (Å²) in [5.74, 6) is -0.416. The van der Waals surface area contributed by atoms with Crippen molar-refractivity contribution in [1.82, 2.24) is 15.0 Å². The number of nitrogens with zero attached hydrogens (tertiary/aromatic N) is 1. The number of carbonyl (C=O) groups is 1. The second-order valence-corrected chi connectivity index (χ2v) is 8.46. The van der Waals surface area contributed by atoms with Crippen LogP contribution in [0.25, 0.3) is 0 Å². The van der Waals surface area contributed by atoms with Crippen molar-refractivity contribution < 1.29 is 13.2 Å². The van der Waals surface area contributed by atoms with Gasteiger partial charge in [-0.2, -0.15) is 0 Å². The van der Waals surface area contributed by atoms with Crippen molar-refractivity contribution in [1.29, 1.82) is 0 Å². The number of hydrogen-bond acceptors (Lipinski definition) is 4. The van der Waals surface area contributed by atoms with Crippen LogP contribution < -0.4 is 10.0 Å². The standard InChI is InChI=1S/C18H23N3O3S/c1-18(2,3)14-7-9-16(10-8-14)25(23,24)21-13-17(22)20-12-15-6-4-5-11-19-15/h4-11,21H,12-13H2,1-3H3,(H,20,22). The second-order valence-electron chi connectivity index (χ2n) is 6.70. The van der Waals surface area contributed by atoms with Crippen LogP contribution in [0.4, 0.5) is 0 Å². The highest BCUT2D eigenvalue weighted by Gasteiger charge is 2.18. The molecule has 1 amide bonds. The summed E-state index contributed by atoms with van der Waals surface area (Å²) in [6, 6.07) is 12.1. The van der Waals surface area contributed by atoms with E-state index in [0.29, 0.717) is 5.69 Å². The Morgan fingerprint density at radius 2 is 1.76 bits per heavy atom. The molecule has 2 rings (SSSR count). The number of nitrogens with one attached hydrogen (secondary N) is 2. The summed E-state index contributed by atoms with van der Waals surface area (Å²) in [5.41, 5.74) is 1.69. The van der Waals surface area contributed by atoms with Gasteiger partial charge >= 0.3 is 0 Å². The van der Waals surface area contributed by atoms with Crippen molar-refractivity contribution in [3.05, 3.63) is 59.9 Å². The molecule has 0 spiro atoms. The van der Waals surface area contributed by atoms with Crippen molar-refractivity contribution in [3.8, 4) is 0 Å². The van der Waals surface area contributed by atoms with Gasteiger partial charge in [0.05, 0.1) is 23.7 Å². The fourth-order valence-corrected chi connectivity index (χ4v) is 3.11. The van der Waals surface area contributed by atoms with Gasteiger partial charge in [-0.15, -0.1) is 0 Å². The highest BCUT2D eigenvalue weighted by atomic mass is 32.2. The highest BCUT2D eigenvalue weighted by Crippen LogP contribution is 2.23. The van der Waals surface area contributed by atoms with Crippen LogP contribution in [-0.2, 0) is 26.8 Å². The van der Waals surface area contributed by atoms with Crippen molar-refractivity contribution >= 4 is 15.9 Å². The minimum atomic E-state index is -3.73. The summed E-state index contributed by atoms with van der Waals surface area (Å²) in [6.45, 7) is 6.10. The summed E-state index contributed by atoms with van der Waals surface area (Å²) < 4.78 is 26.8. The largest absolute Gasteiger partial charge is 0.349 e.